The number of benzene rings is 1. The van der Waals surface area contributed by atoms with Crippen molar-refractivity contribution >= 4 is 17.2 Å². The summed E-state index contributed by atoms with van der Waals surface area (Å²) in [4.78, 5) is 18.0. The predicted octanol–water partition coefficient (Wildman–Crippen LogP) is 3.95. The van der Waals surface area contributed by atoms with Gasteiger partial charge in [0.15, 0.2) is 0 Å². The van der Waals surface area contributed by atoms with Crippen LogP contribution < -0.4 is 5.32 Å². The zero-order valence-electron chi connectivity index (χ0n) is 17.3. The van der Waals surface area contributed by atoms with E-state index in [-0.39, 0.29) is 23.9 Å². The van der Waals surface area contributed by atoms with Gasteiger partial charge in [0.1, 0.15) is 0 Å². The third-order valence-corrected chi connectivity index (χ3v) is 6.82. The Hall–Kier alpha value is -1.81. The number of carbonyl (C=O) groups is 1. The van der Waals surface area contributed by atoms with E-state index in [1.54, 1.807) is 0 Å². The Morgan fingerprint density at radius 2 is 2.11 bits per heavy atom. The van der Waals surface area contributed by atoms with Gasteiger partial charge in [0, 0.05) is 42.8 Å². The molecule has 1 aliphatic carbocycles. The lowest BCUT2D eigenvalue weighted by molar-refractivity contribution is -0.138. The lowest BCUT2D eigenvalue weighted by Crippen LogP contribution is -2.51. The number of rotatable bonds is 4. The number of amides is 1. The van der Waals surface area contributed by atoms with Crippen molar-refractivity contribution in [1.82, 2.24) is 9.80 Å². The maximum Gasteiger partial charge on any atom is 0.231 e. The van der Waals surface area contributed by atoms with Crippen LogP contribution in [0.25, 0.3) is 5.57 Å². The molecule has 0 fully saturated rings. The molecule has 4 nitrogen and oxygen atoms in total. The summed E-state index contributed by atoms with van der Waals surface area (Å²) in [6, 6.07) is 7.54. The highest BCUT2D eigenvalue weighted by Gasteiger charge is 2.41. The van der Waals surface area contributed by atoms with Crippen LogP contribution in [0.3, 0.4) is 0 Å². The molecule has 2 aliphatic heterocycles. The smallest absolute Gasteiger partial charge is 0.231 e. The van der Waals surface area contributed by atoms with Gasteiger partial charge in [-0.2, -0.15) is 0 Å². The van der Waals surface area contributed by atoms with E-state index in [1.807, 2.05) is 0 Å². The number of hydrogen-bond acceptors (Lipinski definition) is 3. The fraction of sp³-hybridized carbons (Fsp3) is 0.609. The van der Waals surface area contributed by atoms with Gasteiger partial charge in [-0.25, -0.2) is 0 Å². The maximum absolute atomic E-state index is 13.5. The number of fused-ring (bicyclic) bond motifs is 2. The van der Waals surface area contributed by atoms with Gasteiger partial charge in [0.25, 0.3) is 0 Å². The summed E-state index contributed by atoms with van der Waals surface area (Å²) in [7, 11) is 2.19. The van der Waals surface area contributed by atoms with Crippen LogP contribution in [0.4, 0.5) is 5.69 Å². The van der Waals surface area contributed by atoms with Gasteiger partial charge >= 0.3 is 0 Å². The molecule has 146 valence electrons. The summed E-state index contributed by atoms with van der Waals surface area (Å²) in [6.07, 6.45) is 4.44. The quantitative estimate of drug-likeness (QED) is 0.875. The van der Waals surface area contributed by atoms with E-state index in [0.717, 1.165) is 25.9 Å². The first-order valence-corrected chi connectivity index (χ1v) is 10.5. The molecule has 4 atom stereocenters. The molecule has 2 heterocycles. The van der Waals surface area contributed by atoms with Crippen molar-refractivity contribution in [3.63, 3.8) is 0 Å². The summed E-state index contributed by atoms with van der Waals surface area (Å²) in [5.41, 5.74) is 5.50. The van der Waals surface area contributed by atoms with Crippen LogP contribution in [0.5, 0.6) is 0 Å². The fourth-order valence-electron chi connectivity index (χ4n) is 5.37. The van der Waals surface area contributed by atoms with Crippen molar-refractivity contribution < 1.29 is 4.79 Å². The fourth-order valence-corrected chi connectivity index (χ4v) is 5.37. The Morgan fingerprint density at radius 3 is 2.81 bits per heavy atom. The first-order valence-electron chi connectivity index (χ1n) is 10.5. The molecule has 1 aromatic rings. The first-order chi connectivity index (χ1) is 12.9. The molecular weight excluding hydrogens is 334 g/mol. The topological polar surface area (TPSA) is 35.6 Å². The monoisotopic (exact) mass is 367 g/mol. The van der Waals surface area contributed by atoms with Crippen LogP contribution in [0.1, 0.15) is 57.6 Å². The Labute approximate surface area is 163 Å². The van der Waals surface area contributed by atoms with E-state index in [9.17, 15) is 4.79 Å². The highest BCUT2D eigenvalue weighted by Crippen LogP contribution is 2.48. The minimum absolute atomic E-state index is 0.0561. The number of likely N-dealkylation sites (N-methyl/N-ethyl adjacent to an activating group) is 1. The third-order valence-electron chi connectivity index (χ3n) is 6.82. The van der Waals surface area contributed by atoms with Crippen molar-refractivity contribution in [3.8, 4) is 0 Å². The van der Waals surface area contributed by atoms with Crippen LogP contribution in [-0.4, -0.2) is 54.0 Å². The molecule has 0 radical (unpaired) electrons. The minimum atomic E-state index is -0.0561. The molecule has 1 N–H and O–H groups in total. The standard InChI is InChI=1S/C23H33N3O/c1-6-15(4)26(14(2)3)23(27)17-10-19-18-8-7-9-20-22(18)16(12-24-20)11-21(19)25(5)13-17/h7-10,14-17,21,24H,6,11-13H2,1-5H3/t15?,16?,17-,21-/m1/s1. The number of carbonyl (C=O) groups excluding carboxylic acids is 1. The second kappa shape index (κ2) is 6.97. The van der Waals surface area contributed by atoms with Crippen molar-refractivity contribution in [2.45, 2.75) is 64.6 Å². The number of hydrogen-bond donors (Lipinski definition) is 1. The highest BCUT2D eigenvalue weighted by atomic mass is 16.2. The number of anilines is 1. The minimum Gasteiger partial charge on any atom is -0.384 e. The molecule has 3 aliphatic rings. The van der Waals surface area contributed by atoms with Crippen LogP contribution >= 0.6 is 0 Å². The normalized spacial score (nSPS) is 27.5. The Kier molecular flexibility index (Phi) is 4.79. The van der Waals surface area contributed by atoms with E-state index < -0.39 is 0 Å². The summed E-state index contributed by atoms with van der Waals surface area (Å²) >= 11 is 0. The van der Waals surface area contributed by atoms with Gasteiger partial charge in [-0.3, -0.25) is 9.69 Å². The Bertz CT molecular complexity index is 769. The van der Waals surface area contributed by atoms with Crippen molar-refractivity contribution in [2.24, 2.45) is 5.92 Å². The second-order valence-electron chi connectivity index (χ2n) is 8.86. The van der Waals surface area contributed by atoms with Crippen molar-refractivity contribution in [3.05, 3.63) is 35.4 Å². The summed E-state index contributed by atoms with van der Waals surface area (Å²) in [5.74, 6) is 0.824. The Morgan fingerprint density at radius 1 is 1.33 bits per heavy atom. The SMILES string of the molecule is CCC(C)N(C(=O)[C@@H]1C=C2c3cccc4c3C(CN4)C[C@H]2N(C)C1)C(C)C. The molecule has 0 spiro atoms. The predicted molar refractivity (Wildman–Crippen MR) is 112 cm³/mol. The molecule has 0 aromatic heterocycles. The van der Waals surface area contributed by atoms with Gasteiger partial charge < -0.3 is 10.2 Å². The second-order valence-corrected chi connectivity index (χ2v) is 8.86. The lowest BCUT2D eigenvalue weighted by atomic mass is 9.74. The van der Waals surface area contributed by atoms with Crippen LogP contribution in [0.2, 0.25) is 0 Å². The molecule has 27 heavy (non-hydrogen) atoms. The van der Waals surface area contributed by atoms with Gasteiger partial charge in [-0.05, 0) is 63.4 Å². The molecule has 1 aromatic carbocycles. The molecule has 4 rings (SSSR count). The van der Waals surface area contributed by atoms with E-state index in [4.69, 9.17) is 0 Å². The van der Waals surface area contributed by atoms with E-state index in [0.29, 0.717) is 12.0 Å². The first kappa shape index (κ1) is 18.5. The lowest BCUT2D eigenvalue weighted by Gasteiger charge is -2.43. The molecule has 0 saturated heterocycles. The third kappa shape index (κ3) is 2.98. The van der Waals surface area contributed by atoms with Gasteiger partial charge in [-0.15, -0.1) is 0 Å². The summed E-state index contributed by atoms with van der Waals surface area (Å²) in [6.45, 7) is 10.5. The van der Waals surface area contributed by atoms with Gasteiger partial charge in [-0.1, -0.05) is 25.1 Å². The number of nitrogens with one attached hydrogen (secondary N) is 1. The average Bonchev–Trinajstić information content (AvgIpc) is 3.06. The molecular formula is C23H33N3O. The van der Waals surface area contributed by atoms with Crippen molar-refractivity contribution in [1.29, 1.82) is 0 Å². The summed E-state index contributed by atoms with van der Waals surface area (Å²) < 4.78 is 0. The summed E-state index contributed by atoms with van der Waals surface area (Å²) in [5, 5.41) is 3.58. The Balaban J connectivity index is 1.72. The van der Waals surface area contributed by atoms with Crippen molar-refractivity contribution in [2.75, 3.05) is 25.5 Å². The van der Waals surface area contributed by atoms with Crippen LogP contribution in [0.15, 0.2) is 24.3 Å². The van der Waals surface area contributed by atoms with E-state index >= 15 is 0 Å². The zero-order chi connectivity index (χ0) is 19.3. The molecule has 2 unspecified atom stereocenters. The zero-order valence-corrected chi connectivity index (χ0v) is 17.3. The van der Waals surface area contributed by atoms with Crippen LogP contribution in [-0.2, 0) is 4.79 Å². The highest BCUT2D eigenvalue weighted by molar-refractivity contribution is 5.88. The molecule has 0 bridgehead atoms. The maximum atomic E-state index is 13.5. The van der Waals surface area contributed by atoms with Gasteiger partial charge in [0.05, 0.1) is 5.92 Å². The van der Waals surface area contributed by atoms with Crippen LogP contribution in [0, 0.1) is 5.92 Å². The van der Waals surface area contributed by atoms with E-state index in [1.165, 1.54) is 22.4 Å². The molecule has 4 heteroatoms. The largest absolute Gasteiger partial charge is 0.384 e. The van der Waals surface area contributed by atoms with Gasteiger partial charge in [0.2, 0.25) is 5.91 Å². The average molecular weight is 368 g/mol. The molecule has 0 saturated carbocycles. The number of nitrogens with zero attached hydrogens (tertiary/aromatic N) is 2. The van der Waals surface area contributed by atoms with E-state index in [2.05, 4.69) is 74.1 Å². The molecule has 1 amide bonds.